The molecule has 0 radical (unpaired) electrons. The smallest absolute Gasteiger partial charge is 0.242 e. The molecular formula is C13H20N2O3S. The zero-order chi connectivity index (χ0) is 14.5. The van der Waals surface area contributed by atoms with Crippen LogP contribution >= 0.6 is 0 Å². The van der Waals surface area contributed by atoms with Crippen LogP contribution in [0.3, 0.4) is 0 Å². The minimum Gasteiger partial charge on any atom is -0.356 e. The molecule has 1 aromatic rings. The summed E-state index contributed by atoms with van der Waals surface area (Å²) in [5.74, 6) is 0.00693. The number of carbonyl (C=O) groups excluding carboxylic acids is 1. The molecule has 5 nitrogen and oxygen atoms in total. The predicted octanol–water partition coefficient (Wildman–Crippen LogP) is 1.01. The van der Waals surface area contributed by atoms with Gasteiger partial charge in [-0.2, -0.15) is 0 Å². The van der Waals surface area contributed by atoms with Gasteiger partial charge in [0.05, 0.1) is 4.90 Å². The van der Waals surface area contributed by atoms with Crippen LogP contribution < -0.4 is 5.32 Å². The van der Waals surface area contributed by atoms with Gasteiger partial charge in [0.1, 0.15) is 0 Å². The SMILES string of the molecule is CCNC(=O)CCc1ccc(S(=O)(=O)N(C)C)cc1. The predicted molar refractivity (Wildman–Crippen MR) is 74.3 cm³/mol. The van der Waals surface area contributed by atoms with E-state index in [1.807, 2.05) is 6.92 Å². The standard InChI is InChI=1S/C13H20N2O3S/c1-4-14-13(16)10-7-11-5-8-12(9-6-11)19(17,18)15(2)3/h5-6,8-9H,4,7,10H2,1-3H3,(H,14,16). The number of aryl methyl sites for hydroxylation is 1. The number of carbonyl (C=O) groups is 1. The van der Waals surface area contributed by atoms with Gasteiger partial charge in [0.25, 0.3) is 0 Å². The first kappa shape index (κ1) is 15.7. The lowest BCUT2D eigenvalue weighted by molar-refractivity contribution is -0.120. The molecule has 0 atom stereocenters. The van der Waals surface area contributed by atoms with Crippen LogP contribution in [0.5, 0.6) is 0 Å². The van der Waals surface area contributed by atoms with Crippen LogP contribution in [-0.4, -0.2) is 39.3 Å². The van der Waals surface area contributed by atoms with Gasteiger partial charge >= 0.3 is 0 Å². The minimum atomic E-state index is -3.38. The van der Waals surface area contributed by atoms with Gasteiger partial charge in [-0.3, -0.25) is 4.79 Å². The lowest BCUT2D eigenvalue weighted by Gasteiger charge is -2.11. The maximum atomic E-state index is 11.9. The molecule has 0 aliphatic carbocycles. The molecular weight excluding hydrogens is 264 g/mol. The largest absolute Gasteiger partial charge is 0.356 e. The Kier molecular flexibility index (Phi) is 5.50. The highest BCUT2D eigenvalue weighted by atomic mass is 32.2. The topological polar surface area (TPSA) is 66.5 Å². The molecule has 0 spiro atoms. The van der Waals surface area contributed by atoms with Gasteiger partial charge in [-0.15, -0.1) is 0 Å². The first-order chi connectivity index (χ1) is 8.87. The number of sulfonamides is 1. The Morgan fingerprint density at radius 3 is 2.26 bits per heavy atom. The van der Waals surface area contributed by atoms with Crippen molar-refractivity contribution in [3.8, 4) is 0 Å². The summed E-state index contributed by atoms with van der Waals surface area (Å²) in [5.41, 5.74) is 0.948. The fraction of sp³-hybridized carbons (Fsp3) is 0.462. The van der Waals surface area contributed by atoms with E-state index in [0.717, 1.165) is 5.56 Å². The van der Waals surface area contributed by atoms with Crippen molar-refractivity contribution in [2.75, 3.05) is 20.6 Å². The summed E-state index contributed by atoms with van der Waals surface area (Å²) in [7, 11) is -0.383. The second-order valence-electron chi connectivity index (χ2n) is 4.38. The first-order valence-corrected chi connectivity index (χ1v) is 7.60. The quantitative estimate of drug-likeness (QED) is 0.847. The zero-order valence-electron chi connectivity index (χ0n) is 11.5. The molecule has 0 saturated heterocycles. The molecule has 106 valence electrons. The van der Waals surface area contributed by atoms with Gasteiger partial charge in [-0.25, -0.2) is 12.7 Å². The summed E-state index contributed by atoms with van der Waals surface area (Å²) in [6, 6.07) is 6.63. The van der Waals surface area contributed by atoms with Crippen LogP contribution in [0.4, 0.5) is 0 Å². The maximum Gasteiger partial charge on any atom is 0.242 e. The number of benzene rings is 1. The molecule has 0 unspecified atom stereocenters. The highest BCUT2D eigenvalue weighted by molar-refractivity contribution is 7.89. The van der Waals surface area contributed by atoms with Crippen molar-refractivity contribution in [1.82, 2.24) is 9.62 Å². The van der Waals surface area contributed by atoms with Crippen molar-refractivity contribution >= 4 is 15.9 Å². The summed E-state index contributed by atoms with van der Waals surface area (Å²) in [6.45, 7) is 2.50. The Bertz CT molecular complexity index is 521. The van der Waals surface area contributed by atoms with Crippen LogP contribution in [0.1, 0.15) is 18.9 Å². The number of nitrogens with one attached hydrogen (secondary N) is 1. The van der Waals surface area contributed by atoms with E-state index in [0.29, 0.717) is 19.4 Å². The fourth-order valence-electron chi connectivity index (χ4n) is 1.58. The Labute approximate surface area is 114 Å². The Hall–Kier alpha value is -1.40. The van der Waals surface area contributed by atoms with Crippen molar-refractivity contribution in [3.63, 3.8) is 0 Å². The van der Waals surface area contributed by atoms with E-state index in [1.54, 1.807) is 24.3 Å². The van der Waals surface area contributed by atoms with E-state index in [-0.39, 0.29) is 10.8 Å². The monoisotopic (exact) mass is 284 g/mol. The molecule has 0 fully saturated rings. The average Bonchev–Trinajstić information content (AvgIpc) is 2.37. The summed E-state index contributed by atoms with van der Waals surface area (Å²) >= 11 is 0. The molecule has 0 heterocycles. The lowest BCUT2D eigenvalue weighted by atomic mass is 10.1. The molecule has 1 amide bonds. The minimum absolute atomic E-state index is 0.00693. The van der Waals surface area contributed by atoms with Crippen molar-refractivity contribution in [1.29, 1.82) is 0 Å². The van der Waals surface area contributed by atoms with Crippen LogP contribution in [-0.2, 0) is 21.2 Å². The highest BCUT2D eigenvalue weighted by Crippen LogP contribution is 2.14. The van der Waals surface area contributed by atoms with Crippen molar-refractivity contribution in [3.05, 3.63) is 29.8 Å². The number of nitrogens with zero attached hydrogens (tertiary/aromatic N) is 1. The Morgan fingerprint density at radius 2 is 1.79 bits per heavy atom. The third-order valence-electron chi connectivity index (χ3n) is 2.72. The molecule has 1 N–H and O–H groups in total. The molecule has 0 aliphatic heterocycles. The second-order valence-corrected chi connectivity index (χ2v) is 6.54. The maximum absolute atomic E-state index is 11.9. The van der Waals surface area contributed by atoms with Crippen LogP contribution in [0.15, 0.2) is 29.2 Å². The van der Waals surface area contributed by atoms with E-state index >= 15 is 0 Å². The molecule has 1 aromatic carbocycles. The molecule has 19 heavy (non-hydrogen) atoms. The van der Waals surface area contributed by atoms with Crippen molar-refractivity contribution in [2.45, 2.75) is 24.7 Å². The molecule has 0 aromatic heterocycles. The summed E-state index contributed by atoms with van der Waals surface area (Å²) in [6.07, 6.45) is 1.02. The van der Waals surface area contributed by atoms with Gasteiger partial charge in [0.2, 0.25) is 15.9 Å². The van der Waals surface area contributed by atoms with E-state index in [2.05, 4.69) is 5.32 Å². The van der Waals surface area contributed by atoms with E-state index in [4.69, 9.17) is 0 Å². The molecule has 6 heteroatoms. The molecule has 1 rings (SSSR count). The zero-order valence-corrected chi connectivity index (χ0v) is 12.3. The van der Waals surface area contributed by atoms with Gasteiger partial charge in [-0.1, -0.05) is 12.1 Å². The molecule has 0 saturated carbocycles. The number of hydrogen-bond donors (Lipinski definition) is 1. The Balaban J connectivity index is 2.70. The summed E-state index contributed by atoms with van der Waals surface area (Å²) in [4.78, 5) is 11.6. The summed E-state index contributed by atoms with van der Waals surface area (Å²) in [5, 5.41) is 2.72. The molecule has 0 aliphatic rings. The van der Waals surface area contributed by atoms with Crippen LogP contribution in [0, 0.1) is 0 Å². The van der Waals surface area contributed by atoms with Crippen molar-refractivity contribution < 1.29 is 13.2 Å². The van der Waals surface area contributed by atoms with Gasteiger partial charge in [0, 0.05) is 27.1 Å². The third-order valence-corrected chi connectivity index (χ3v) is 4.55. The van der Waals surface area contributed by atoms with Crippen LogP contribution in [0.25, 0.3) is 0 Å². The average molecular weight is 284 g/mol. The van der Waals surface area contributed by atoms with Gasteiger partial charge < -0.3 is 5.32 Å². The van der Waals surface area contributed by atoms with Crippen LogP contribution in [0.2, 0.25) is 0 Å². The van der Waals surface area contributed by atoms with Gasteiger partial charge in [0.15, 0.2) is 0 Å². The van der Waals surface area contributed by atoms with E-state index in [9.17, 15) is 13.2 Å². The third kappa shape index (κ3) is 4.33. The highest BCUT2D eigenvalue weighted by Gasteiger charge is 2.16. The number of hydrogen-bond acceptors (Lipinski definition) is 3. The molecule has 0 bridgehead atoms. The number of amides is 1. The van der Waals surface area contributed by atoms with Crippen molar-refractivity contribution in [2.24, 2.45) is 0 Å². The normalized spacial score (nSPS) is 11.6. The number of rotatable bonds is 6. The van der Waals surface area contributed by atoms with E-state index < -0.39 is 10.0 Å². The van der Waals surface area contributed by atoms with Gasteiger partial charge in [-0.05, 0) is 31.0 Å². The second kappa shape index (κ2) is 6.68. The fourth-order valence-corrected chi connectivity index (χ4v) is 2.48. The first-order valence-electron chi connectivity index (χ1n) is 6.16. The lowest BCUT2D eigenvalue weighted by Crippen LogP contribution is -2.23. The Morgan fingerprint density at radius 1 is 1.21 bits per heavy atom. The van der Waals surface area contributed by atoms with E-state index in [1.165, 1.54) is 18.4 Å². The summed E-state index contributed by atoms with van der Waals surface area (Å²) < 4.78 is 24.9.